The molecule has 4 rings (SSSR count). The van der Waals surface area contributed by atoms with Crippen molar-refractivity contribution in [2.24, 2.45) is 5.92 Å². The smallest absolute Gasteiger partial charge is 0.407 e. The Kier molecular flexibility index (Phi) is 5.91. The highest BCUT2D eigenvalue weighted by molar-refractivity contribution is 5.87. The zero-order valence-corrected chi connectivity index (χ0v) is 18.3. The van der Waals surface area contributed by atoms with Crippen molar-refractivity contribution in [1.82, 2.24) is 10.6 Å². The summed E-state index contributed by atoms with van der Waals surface area (Å²) in [6, 6.07) is 15.4. The Morgan fingerprint density at radius 1 is 1.03 bits per heavy atom. The second kappa shape index (κ2) is 8.65. The summed E-state index contributed by atoms with van der Waals surface area (Å²) in [5.41, 5.74) is 3.82. The maximum absolute atomic E-state index is 12.8. The van der Waals surface area contributed by atoms with E-state index in [1.807, 2.05) is 50.2 Å². The van der Waals surface area contributed by atoms with Crippen LogP contribution < -0.4 is 10.6 Å². The fourth-order valence-electron chi connectivity index (χ4n) is 4.43. The third kappa shape index (κ3) is 4.47. The number of alkyl carbamates (subject to hydrolysis) is 1. The lowest BCUT2D eigenvalue weighted by Gasteiger charge is -2.25. The Morgan fingerprint density at radius 3 is 2.09 bits per heavy atom. The highest BCUT2D eigenvalue weighted by Gasteiger charge is 2.47. The van der Waals surface area contributed by atoms with Gasteiger partial charge in [0.2, 0.25) is 5.91 Å². The molecule has 0 unspecified atom stereocenters. The lowest BCUT2D eigenvalue weighted by molar-refractivity contribution is -0.138. The molecule has 7 heteroatoms. The van der Waals surface area contributed by atoms with Crippen LogP contribution in [0.4, 0.5) is 4.79 Å². The van der Waals surface area contributed by atoms with Crippen LogP contribution in [0.2, 0.25) is 0 Å². The topological polar surface area (TPSA) is 105 Å². The molecular formula is C25H28N2O5. The van der Waals surface area contributed by atoms with Crippen molar-refractivity contribution in [3.8, 4) is 11.1 Å². The van der Waals surface area contributed by atoms with Gasteiger partial charge in [0.05, 0.1) is 12.0 Å². The van der Waals surface area contributed by atoms with E-state index in [9.17, 15) is 14.4 Å². The van der Waals surface area contributed by atoms with E-state index in [4.69, 9.17) is 9.84 Å². The molecule has 0 radical (unpaired) electrons. The minimum absolute atomic E-state index is 0.0650. The van der Waals surface area contributed by atoms with Gasteiger partial charge >= 0.3 is 12.1 Å². The number of hydrogen-bond donors (Lipinski definition) is 3. The van der Waals surface area contributed by atoms with Crippen molar-refractivity contribution in [2.75, 3.05) is 6.61 Å². The van der Waals surface area contributed by atoms with Crippen LogP contribution in [-0.2, 0) is 14.3 Å². The Labute approximate surface area is 187 Å². The molecule has 0 aromatic heterocycles. The molecule has 2 aromatic carbocycles. The second-order valence-corrected chi connectivity index (χ2v) is 9.03. The fraction of sp³-hybridized carbons (Fsp3) is 0.400. The van der Waals surface area contributed by atoms with Crippen molar-refractivity contribution in [3.63, 3.8) is 0 Å². The van der Waals surface area contributed by atoms with Crippen LogP contribution in [0.1, 0.15) is 50.2 Å². The summed E-state index contributed by atoms with van der Waals surface area (Å²) in [5.74, 6) is -1.58. The molecule has 2 amide bonds. The van der Waals surface area contributed by atoms with Crippen molar-refractivity contribution >= 4 is 18.0 Å². The second-order valence-electron chi connectivity index (χ2n) is 9.03. The molecule has 2 aromatic rings. The number of rotatable bonds is 8. The summed E-state index contributed by atoms with van der Waals surface area (Å²) in [4.78, 5) is 36.4. The average Bonchev–Trinajstić information content (AvgIpc) is 3.41. The first-order valence-corrected chi connectivity index (χ1v) is 10.9. The van der Waals surface area contributed by atoms with Crippen LogP contribution in [0.5, 0.6) is 0 Å². The first kappa shape index (κ1) is 21.9. The van der Waals surface area contributed by atoms with E-state index < -0.39 is 23.6 Å². The van der Waals surface area contributed by atoms with Crippen LogP contribution >= 0.6 is 0 Å². The first-order chi connectivity index (χ1) is 15.3. The monoisotopic (exact) mass is 436 g/mol. The van der Waals surface area contributed by atoms with Crippen LogP contribution in [0.25, 0.3) is 11.1 Å². The number of nitrogens with one attached hydrogen (secondary N) is 2. The number of hydrogen-bond acceptors (Lipinski definition) is 4. The zero-order valence-electron chi connectivity index (χ0n) is 18.3. The van der Waals surface area contributed by atoms with Gasteiger partial charge in [0, 0.05) is 5.92 Å². The highest BCUT2D eigenvalue weighted by Crippen LogP contribution is 2.44. The molecule has 2 aliphatic carbocycles. The molecule has 1 fully saturated rings. The minimum Gasteiger partial charge on any atom is -0.481 e. The van der Waals surface area contributed by atoms with Gasteiger partial charge < -0.3 is 20.5 Å². The van der Waals surface area contributed by atoms with Crippen molar-refractivity contribution in [3.05, 3.63) is 59.7 Å². The number of benzene rings is 2. The summed E-state index contributed by atoms with van der Waals surface area (Å²) in [5, 5.41) is 14.6. The van der Waals surface area contributed by atoms with Crippen molar-refractivity contribution < 1.29 is 24.2 Å². The molecule has 7 nitrogen and oxygen atoms in total. The molecule has 1 saturated carbocycles. The van der Waals surface area contributed by atoms with Gasteiger partial charge in [-0.05, 0) is 41.0 Å². The molecule has 0 spiro atoms. The number of ether oxygens (including phenoxy) is 1. The van der Waals surface area contributed by atoms with E-state index in [1.165, 1.54) is 0 Å². The van der Waals surface area contributed by atoms with Gasteiger partial charge in [0.1, 0.15) is 12.6 Å². The molecule has 32 heavy (non-hydrogen) atoms. The van der Waals surface area contributed by atoms with E-state index in [-0.39, 0.29) is 30.8 Å². The Hall–Kier alpha value is -3.35. The highest BCUT2D eigenvalue weighted by atomic mass is 16.5. The molecule has 3 N–H and O–H groups in total. The van der Waals surface area contributed by atoms with Crippen molar-refractivity contribution in [2.45, 2.75) is 50.6 Å². The molecule has 0 saturated heterocycles. The number of carbonyl (C=O) groups is 3. The lowest BCUT2D eigenvalue weighted by atomic mass is 9.98. The Morgan fingerprint density at radius 2 is 1.59 bits per heavy atom. The SMILES string of the molecule is CC(C)[C@H](NC(=O)OCC1c2ccccc2-c2ccccc21)C(=O)NC1(CC(=O)O)CC1. The summed E-state index contributed by atoms with van der Waals surface area (Å²) < 4.78 is 5.56. The van der Waals surface area contributed by atoms with Crippen LogP contribution in [0.3, 0.4) is 0 Å². The number of fused-ring (bicyclic) bond motifs is 3. The van der Waals surface area contributed by atoms with Crippen LogP contribution in [-0.4, -0.2) is 41.3 Å². The van der Waals surface area contributed by atoms with E-state index in [0.717, 1.165) is 22.3 Å². The van der Waals surface area contributed by atoms with Gasteiger partial charge in [0.25, 0.3) is 0 Å². The predicted molar refractivity (Wildman–Crippen MR) is 119 cm³/mol. The Bertz CT molecular complexity index is 999. The minimum atomic E-state index is -0.951. The summed E-state index contributed by atoms with van der Waals surface area (Å²) >= 11 is 0. The lowest BCUT2D eigenvalue weighted by Crippen LogP contribution is -2.53. The molecule has 0 aliphatic heterocycles. The maximum Gasteiger partial charge on any atom is 0.407 e. The summed E-state index contributed by atoms with van der Waals surface area (Å²) in [6.45, 7) is 3.81. The normalized spacial score (nSPS) is 16.6. The zero-order chi connectivity index (χ0) is 22.9. The first-order valence-electron chi connectivity index (χ1n) is 10.9. The number of amides is 2. The van der Waals surface area contributed by atoms with E-state index in [1.54, 1.807) is 0 Å². The number of carboxylic acids is 1. The Balaban J connectivity index is 1.39. The van der Waals surface area contributed by atoms with Crippen molar-refractivity contribution in [1.29, 1.82) is 0 Å². The fourth-order valence-corrected chi connectivity index (χ4v) is 4.43. The molecule has 0 bridgehead atoms. The maximum atomic E-state index is 12.8. The third-order valence-electron chi connectivity index (χ3n) is 6.30. The molecule has 168 valence electrons. The van der Waals surface area contributed by atoms with E-state index >= 15 is 0 Å². The van der Waals surface area contributed by atoms with Crippen LogP contribution in [0.15, 0.2) is 48.5 Å². The van der Waals surface area contributed by atoms with Gasteiger partial charge in [-0.2, -0.15) is 0 Å². The third-order valence-corrected chi connectivity index (χ3v) is 6.30. The van der Waals surface area contributed by atoms with Gasteiger partial charge in [-0.3, -0.25) is 9.59 Å². The number of carboxylic acid groups (broad SMARTS) is 1. The number of carbonyl (C=O) groups excluding carboxylic acids is 2. The predicted octanol–water partition coefficient (Wildman–Crippen LogP) is 3.67. The molecule has 2 aliphatic rings. The van der Waals surface area contributed by atoms with Gasteiger partial charge in [0.15, 0.2) is 0 Å². The number of aliphatic carboxylic acids is 1. The molecule has 0 heterocycles. The van der Waals surface area contributed by atoms with Gasteiger partial charge in [-0.1, -0.05) is 62.4 Å². The molecular weight excluding hydrogens is 408 g/mol. The quantitative estimate of drug-likeness (QED) is 0.586. The largest absolute Gasteiger partial charge is 0.481 e. The average molecular weight is 437 g/mol. The summed E-state index contributed by atoms with van der Waals surface area (Å²) in [6.07, 6.45) is 0.472. The van der Waals surface area contributed by atoms with E-state index in [2.05, 4.69) is 22.8 Å². The standard InChI is InChI=1S/C25H28N2O5/c1-15(2)22(23(30)27-25(11-12-25)13-21(28)29)26-24(31)32-14-20-18-9-5-3-7-16(18)17-8-4-6-10-19(17)20/h3-10,15,20,22H,11-14H2,1-2H3,(H,26,31)(H,27,30)(H,28,29)/t22-/m0/s1. The summed E-state index contributed by atoms with van der Waals surface area (Å²) in [7, 11) is 0. The van der Waals surface area contributed by atoms with Gasteiger partial charge in [-0.15, -0.1) is 0 Å². The van der Waals surface area contributed by atoms with E-state index in [0.29, 0.717) is 12.8 Å². The van der Waals surface area contributed by atoms with Gasteiger partial charge in [-0.25, -0.2) is 4.79 Å². The molecule has 1 atom stereocenters. The van der Waals surface area contributed by atoms with Crippen LogP contribution in [0, 0.1) is 5.92 Å².